The molecular weight excluding hydrogens is 338 g/mol. The van der Waals surface area contributed by atoms with Gasteiger partial charge in [-0.3, -0.25) is 9.69 Å². The minimum Gasteiger partial charge on any atom is -0.312 e. The van der Waals surface area contributed by atoms with Gasteiger partial charge in [-0.1, -0.05) is 18.5 Å². The number of hydrogen-bond acceptors (Lipinski definition) is 5. The standard InChI is InChI=1S/C15H14ClN3OS2/c1-2-19-6-5-9-10(7-17)15(22-12(9)8-19)18-14(20)11-3-4-13(16)21-11/h3-4H,2,5-6,8H2,1H3,(H,18,20). The van der Waals surface area contributed by atoms with E-state index in [4.69, 9.17) is 11.6 Å². The van der Waals surface area contributed by atoms with Gasteiger partial charge in [-0.25, -0.2) is 0 Å². The fraction of sp³-hybridized carbons (Fsp3) is 0.333. The Balaban J connectivity index is 1.87. The summed E-state index contributed by atoms with van der Waals surface area (Å²) in [7, 11) is 0. The van der Waals surface area contributed by atoms with Crippen LogP contribution in [0.15, 0.2) is 12.1 Å². The summed E-state index contributed by atoms with van der Waals surface area (Å²) in [5, 5.41) is 13.0. The van der Waals surface area contributed by atoms with Gasteiger partial charge in [0.1, 0.15) is 11.1 Å². The number of carbonyl (C=O) groups excluding carboxylic acids is 1. The molecule has 1 N–H and O–H groups in total. The highest BCUT2D eigenvalue weighted by Gasteiger charge is 2.25. The van der Waals surface area contributed by atoms with Crippen molar-refractivity contribution in [3.63, 3.8) is 0 Å². The zero-order chi connectivity index (χ0) is 15.7. The lowest BCUT2D eigenvalue weighted by molar-refractivity contribution is 0.103. The molecule has 0 saturated heterocycles. The van der Waals surface area contributed by atoms with Crippen molar-refractivity contribution in [3.05, 3.63) is 37.4 Å². The summed E-state index contributed by atoms with van der Waals surface area (Å²) in [6.07, 6.45) is 0.864. The van der Waals surface area contributed by atoms with Crippen molar-refractivity contribution in [2.24, 2.45) is 0 Å². The molecule has 1 aliphatic heterocycles. The number of nitrogens with zero attached hydrogens (tertiary/aromatic N) is 2. The van der Waals surface area contributed by atoms with Gasteiger partial charge in [-0.05, 0) is 30.7 Å². The molecule has 3 rings (SSSR count). The third-order valence-electron chi connectivity index (χ3n) is 3.72. The van der Waals surface area contributed by atoms with E-state index >= 15 is 0 Å². The number of thiophene rings is 2. The maximum absolute atomic E-state index is 12.3. The SMILES string of the molecule is CCN1CCc2c(sc(NC(=O)c3ccc(Cl)s3)c2C#N)C1. The Morgan fingerprint density at radius 3 is 2.95 bits per heavy atom. The Morgan fingerprint density at radius 2 is 2.32 bits per heavy atom. The average molecular weight is 352 g/mol. The van der Waals surface area contributed by atoms with Crippen LogP contribution < -0.4 is 5.32 Å². The highest BCUT2D eigenvalue weighted by molar-refractivity contribution is 7.18. The lowest BCUT2D eigenvalue weighted by Gasteiger charge is -2.24. The summed E-state index contributed by atoms with van der Waals surface area (Å²) >= 11 is 8.61. The number of fused-ring (bicyclic) bond motifs is 1. The molecule has 0 aliphatic carbocycles. The van der Waals surface area contributed by atoms with Crippen LogP contribution in [0.1, 0.15) is 32.6 Å². The van der Waals surface area contributed by atoms with E-state index in [0.29, 0.717) is 19.8 Å². The first-order valence-electron chi connectivity index (χ1n) is 6.96. The number of amides is 1. The molecule has 0 saturated carbocycles. The first-order chi connectivity index (χ1) is 10.6. The van der Waals surface area contributed by atoms with E-state index in [2.05, 4.69) is 23.2 Å². The minimum absolute atomic E-state index is 0.209. The third kappa shape index (κ3) is 2.90. The monoisotopic (exact) mass is 351 g/mol. The number of nitriles is 1. The van der Waals surface area contributed by atoms with Crippen LogP contribution in [-0.4, -0.2) is 23.9 Å². The first kappa shape index (κ1) is 15.5. The van der Waals surface area contributed by atoms with E-state index in [0.717, 1.165) is 31.6 Å². The Morgan fingerprint density at radius 1 is 1.50 bits per heavy atom. The topological polar surface area (TPSA) is 56.1 Å². The van der Waals surface area contributed by atoms with E-state index in [1.54, 1.807) is 12.1 Å². The second-order valence-corrected chi connectivity index (χ2v) is 7.82. The van der Waals surface area contributed by atoms with Gasteiger partial charge in [0.25, 0.3) is 5.91 Å². The van der Waals surface area contributed by atoms with Crippen LogP contribution in [0.25, 0.3) is 0 Å². The molecule has 4 nitrogen and oxygen atoms in total. The highest BCUT2D eigenvalue weighted by atomic mass is 35.5. The van der Waals surface area contributed by atoms with Gasteiger partial charge in [-0.15, -0.1) is 22.7 Å². The molecule has 1 aliphatic rings. The molecule has 114 valence electrons. The van der Waals surface area contributed by atoms with E-state index < -0.39 is 0 Å². The molecule has 0 aromatic carbocycles. The van der Waals surface area contributed by atoms with E-state index in [1.807, 2.05) is 0 Å². The summed E-state index contributed by atoms with van der Waals surface area (Å²) in [5.41, 5.74) is 1.71. The molecule has 2 aromatic rings. The highest BCUT2D eigenvalue weighted by Crippen LogP contribution is 2.37. The van der Waals surface area contributed by atoms with E-state index in [9.17, 15) is 10.1 Å². The predicted octanol–water partition coefficient (Wildman–Crippen LogP) is 3.96. The van der Waals surface area contributed by atoms with Crippen LogP contribution in [-0.2, 0) is 13.0 Å². The summed E-state index contributed by atoms with van der Waals surface area (Å²) in [5.74, 6) is -0.209. The van der Waals surface area contributed by atoms with E-state index in [-0.39, 0.29) is 5.91 Å². The Kier molecular flexibility index (Phi) is 4.50. The first-order valence-corrected chi connectivity index (χ1v) is 8.97. The number of anilines is 1. The summed E-state index contributed by atoms with van der Waals surface area (Å²) in [6, 6.07) is 5.65. The molecule has 0 unspecified atom stereocenters. The summed E-state index contributed by atoms with van der Waals surface area (Å²) in [4.78, 5) is 16.3. The van der Waals surface area contributed by atoms with Gasteiger partial charge in [0, 0.05) is 18.0 Å². The molecule has 0 fully saturated rings. The van der Waals surface area contributed by atoms with Crippen molar-refractivity contribution in [2.45, 2.75) is 19.9 Å². The lowest BCUT2D eigenvalue weighted by Crippen LogP contribution is -2.29. The van der Waals surface area contributed by atoms with Crippen molar-refractivity contribution < 1.29 is 4.79 Å². The zero-order valence-corrected chi connectivity index (χ0v) is 14.4. The molecule has 22 heavy (non-hydrogen) atoms. The molecule has 1 amide bonds. The van der Waals surface area contributed by atoms with Gasteiger partial charge in [0.2, 0.25) is 0 Å². The smallest absolute Gasteiger partial charge is 0.266 e. The maximum atomic E-state index is 12.3. The van der Waals surface area contributed by atoms with Gasteiger partial charge >= 0.3 is 0 Å². The third-order valence-corrected chi connectivity index (χ3v) is 6.08. The second kappa shape index (κ2) is 6.39. The summed E-state index contributed by atoms with van der Waals surface area (Å²) in [6.45, 7) is 4.94. The van der Waals surface area contributed by atoms with Crippen LogP contribution in [0.4, 0.5) is 5.00 Å². The average Bonchev–Trinajstić information content (AvgIpc) is 3.09. The number of nitrogens with one attached hydrogen (secondary N) is 1. The molecular formula is C15H14ClN3OS2. The molecule has 3 heterocycles. The number of carbonyl (C=O) groups is 1. The van der Waals surface area contributed by atoms with Gasteiger partial charge in [0.15, 0.2) is 0 Å². The quantitative estimate of drug-likeness (QED) is 0.910. The second-order valence-electron chi connectivity index (χ2n) is 5.00. The van der Waals surface area contributed by atoms with Crippen molar-refractivity contribution in [2.75, 3.05) is 18.4 Å². The predicted molar refractivity (Wildman–Crippen MR) is 91.0 cm³/mol. The van der Waals surface area contributed by atoms with Gasteiger partial charge in [0.05, 0.1) is 14.8 Å². The maximum Gasteiger partial charge on any atom is 0.266 e. The molecule has 0 radical (unpaired) electrons. The molecule has 0 atom stereocenters. The van der Waals surface area contributed by atoms with Gasteiger partial charge in [-0.2, -0.15) is 5.26 Å². The number of rotatable bonds is 3. The van der Waals surface area contributed by atoms with Crippen LogP contribution in [0, 0.1) is 11.3 Å². The lowest BCUT2D eigenvalue weighted by atomic mass is 10.0. The van der Waals surface area contributed by atoms with Crippen molar-refractivity contribution in [1.82, 2.24) is 4.90 Å². The number of hydrogen-bond donors (Lipinski definition) is 1. The Labute approximate surface area is 141 Å². The number of likely N-dealkylation sites (N-methyl/N-ethyl adjacent to an activating group) is 1. The van der Waals surface area contributed by atoms with Crippen LogP contribution in [0.5, 0.6) is 0 Å². The van der Waals surface area contributed by atoms with Gasteiger partial charge < -0.3 is 5.32 Å². The minimum atomic E-state index is -0.209. The molecule has 0 bridgehead atoms. The fourth-order valence-corrected chi connectivity index (χ4v) is 4.71. The Bertz CT molecular complexity index is 759. The van der Waals surface area contributed by atoms with Crippen molar-refractivity contribution in [3.8, 4) is 6.07 Å². The molecule has 0 spiro atoms. The fourth-order valence-electron chi connectivity index (χ4n) is 2.53. The normalized spacial score (nSPS) is 14.4. The largest absolute Gasteiger partial charge is 0.312 e. The van der Waals surface area contributed by atoms with Crippen LogP contribution in [0.3, 0.4) is 0 Å². The number of halogens is 1. The molecule has 2 aromatic heterocycles. The van der Waals surface area contributed by atoms with Crippen LogP contribution in [0.2, 0.25) is 4.34 Å². The van der Waals surface area contributed by atoms with Crippen molar-refractivity contribution in [1.29, 1.82) is 5.26 Å². The van der Waals surface area contributed by atoms with Crippen LogP contribution >= 0.6 is 34.3 Å². The Hall–Kier alpha value is -1.39. The summed E-state index contributed by atoms with van der Waals surface area (Å²) < 4.78 is 0.578. The van der Waals surface area contributed by atoms with Crippen molar-refractivity contribution >= 4 is 45.2 Å². The zero-order valence-electron chi connectivity index (χ0n) is 12.0. The molecule has 7 heteroatoms. The van der Waals surface area contributed by atoms with E-state index in [1.165, 1.54) is 27.6 Å².